The topological polar surface area (TPSA) is 83.5 Å². The number of unbranched alkanes of at least 4 members (excludes halogenated alkanes) is 4. The molecule has 2 aliphatic rings. The van der Waals surface area contributed by atoms with Crippen LogP contribution in [0.5, 0.6) is 0 Å². The Labute approximate surface area is 213 Å². The molecule has 8 atom stereocenters. The minimum Gasteiger partial charge on any atom is -0.463 e. The van der Waals surface area contributed by atoms with Gasteiger partial charge in [-0.2, -0.15) is 0 Å². The Balaban J connectivity index is 1.94. The molecule has 7 nitrogen and oxygen atoms in total. The van der Waals surface area contributed by atoms with Crippen molar-refractivity contribution in [3.05, 3.63) is 0 Å². The Kier molecular flexibility index (Phi) is 14.7. The third-order valence-electron chi connectivity index (χ3n) is 6.98. The van der Waals surface area contributed by atoms with Crippen molar-refractivity contribution in [2.24, 2.45) is 0 Å². The first-order chi connectivity index (χ1) is 16.8. The van der Waals surface area contributed by atoms with Crippen molar-refractivity contribution in [2.75, 3.05) is 0 Å². The van der Waals surface area contributed by atoms with Gasteiger partial charge in [-0.05, 0) is 39.0 Å². The minimum atomic E-state index is -0.587. The van der Waals surface area contributed by atoms with Crippen LogP contribution >= 0.6 is 0 Å². The predicted molar refractivity (Wildman–Crippen MR) is 136 cm³/mol. The Morgan fingerprint density at radius 1 is 0.857 bits per heavy atom. The van der Waals surface area contributed by atoms with E-state index in [1.807, 2.05) is 6.92 Å². The zero-order valence-electron chi connectivity index (χ0n) is 22.9. The third kappa shape index (κ3) is 12.4. The molecule has 1 N–H and O–H groups in total. The molecule has 8 unspecified atom stereocenters. The van der Waals surface area contributed by atoms with E-state index >= 15 is 0 Å². The molecule has 35 heavy (non-hydrogen) atoms. The molecule has 0 saturated carbocycles. The SMILES string of the molecule is CCCCCCCC1OC(CC(O)CC(C)OC(C)=O)CC(CC2CC(CC)OC(CCC)O2)O1. The zero-order chi connectivity index (χ0) is 25.6. The van der Waals surface area contributed by atoms with Gasteiger partial charge in [-0.25, -0.2) is 0 Å². The molecule has 0 bridgehead atoms. The van der Waals surface area contributed by atoms with E-state index in [1.54, 1.807) is 0 Å². The molecule has 0 aromatic rings. The standard InChI is InChI=1S/C28H52O7/c1-6-9-10-11-12-14-28-33-24(16-22(30)15-20(4)31-21(5)29)18-26(35-28)19-25-17-23(8-3)32-27(34-25)13-7-2/h20,22-28,30H,6-19H2,1-5H3. The Morgan fingerprint density at radius 3 is 2.09 bits per heavy atom. The molecular weight excluding hydrogens is 448 g/mol. The van der Waals surface area contributed by atoms with Crippen molar-refractivity contribution in [3.63, 3.8) is 0 Å². The van der Waals surface area contributed by atoms with E-state index in [9.17, 15) is 9.90 Å². The predicted octanol–water partition coefficient (Wildman–Crippen LogP) is 6.04. The lowest BCUT2D eigenvalue weighted by atomic mass is 9.95. The Bertz CT molecular complexity index is 572. The van der Waals surface area contributed by atoms with Gasteiger partial charge in [0.1, 0.15) is 6.10 Å². The highest BCUT2D eigenvalue weighted by Gasteiger charge is 2.36. The highest BCUT2D eigenvalue weighted by Crippen LogP contribution is 2.32. The summed E-state index contributed by atoms with van der Waals surface area (Å²) in [4.78, 5) is 11.2. The van der Waals surface area contributed by atoms with Crippen molar-refractivity contribution >= 4 is 5.97 Å². The lowest BCUT2D eigenvalue weighted by Gasteiger charge is -2.41. The fourth-order valence-electron chi connectivity index (χ4n) is 5.28. The monoisotopic (exact) mass is 500 g/mol. The van der Waals surface area contributed by atoms with Crippen LogP contribution in [0.3, 0.4) is 0 Å². The molecule has 0 spiro atoms. The number of rotatable bonds is 16. The summed E-state index contributed by atoms with van der Waals surface area (Å²) in [5, 5.41) is 10.7. The van der Waals surface area contributed by atoms with Crippen LogP contribution < -0.4 is 0 Å². The van der Waals surface area contributed by atoms with Gasteiger partial charge in [0, 0.05) is 32.6 Å². The van der Waals surface area contributed by atoms with Gasteiger partial charge in [0.25, 0.3) is 0 Å². The van der Waals surface area contributed by atoms with Crippen LogP contribution in [0.2, 0.25) is 0 Å². The Hall–Kier alpha value is -0.730. The summed E-state index contributed by atoms with van der Waals surface area (Å²) in [6.07, 6.45) is 12.3. The quantitative estimate of drug-likeness (QED) is 0.204. The van der Waals surface area contributed by atoms with Gasteiger partial charge >= 0.3 is 5.97 Å². The van der Waals surface area contributed by atoms with Crippen molar-refractivity contribution in [2.45, 2.75) is 174 Å². The number of hydrogen-bond acceptors (Lipinski definition) is 7. The van der Waals surface area contributed by atoms with E-state index in [2.05, 4.69) is 20.8 Å². The van der Waals surface area contributed by atoms with Crippen molar-refractivity contribution < 1.29 is 33.6 Å². The van der Waals surface area contributed by atoms with Gasteiger partial charge < -0.3 is 28.8 Å². The van der Waals surface area contributed by atoms with Gasteiger partial charge in [-0.3, -0.25) is 4.79 Å². The maximum Gasteiger partial charge on any atom is 0.302 e. The highest BCUT2D eigenvalue weighted by molar-refractivity contribution is 5.66. The normalized spacial score (nSPS) is 31.1. The van der Waals surface area contributed by atoms with Crippen LogP contribution in [0.15, 0.2) is 0 Å². The smallest absolute Gasteiger partial charge is 0.302 e. The summed E-state index contributed by atoms with van der Waals surface area (Å²) in [5.41, 5.74) is 0. The second-order valence-electron chi connectivity index (χ2n) is 10.5. The second-order valence-corrected chi connectivity index (χ2v) is 10.5. The number of esters is 1. The van der Waals surface area contributed by atoms with Crippen molar-refractivity contribution in [1.29, 1.82) is 0 Å². The van der Waals surface area contributed by atoms with E-state index in [-0.39, 0.29) is 49.1 Å². The van der Waals surface area contributed by atoms with Gasteiger partial charge in [0.05, 0.1) is 30.5 Å². The molecule has 2 heterocycles. The van der Waals surface area contributed by atoms with Gasteiger partial charge in [0.15, 0.2) is 12.6 Å². The zero-order valence-corrected chi connectivity index (χ0v) is 22.9. The summed E-state index contributed by atoms with van der Waals surface area (Å²) < 4.78 is 30.3. The van der Waals surface area contributed by atoms with Crippen LogP contribution in [-0.2, 0) is 28.5 Å². The number of ether oxygens (including phenoxy) is 5. The summed E-state index contributed by atoms with van der Waals surface area (Å²) in [6, 6.07) is 0. The maximum atomic E-state index is 11.2. The van der Waals surface area contributed by atoms with Crippen molar-refractivity contribution in [3.8, 4) is 0 Å². The lowest BCUT2D eigenvalue weighted by Crippen LogP contribution is -2.44. The molecule has 0 aromatic heterocycles. The fraction of sp³-hybridized carbons (Fsp3) is 0.964. The first-order valence-electron chi connectivity index (χ1n) is 14.3. The van der Waals surface area contributed by atoms with Crippen LogP contribution in [0.25, 0.3) is 0 Å². The molecule has 0 aromatic carbocycles. The molecule has 7 heteroatoms. The number of carbonyl (C=O) groups excluding carboxylic acids is 1. The number of carbonyl (C=O) groups is 1. The second kappa shape index (κ2) is 16.9. The van der Waals surface area contributed by atoms with E-state index in [1.165, 1.54) is 32.6 Å². The lowest BCUT2D eigenvalue weighted by molar-refractivity contribution is -0.276. The summed E-state index contributed by atoms with van der Waals surface area (Å²) >= 11 is 0. The van der Waals surface area contributed by atoms with E-state index in [0.717, 1.165) is 51.4 Å². The first-order valence-corrected chi connectivity index (χ1v) is 14.3. The fourth-order valence-corrected chi connectivity index (χ4v) is 5.28. The van der Waals surface area contributed by atoms with E-state index < -0.39 is 6.10 Å². The summed E-state index contributed by atoms with van der Waals surface area (Å²) in [5.74, 6) is -0.321. The minimum absolute atomic E-state index is 0.0374. The van der Waals surface area contributed by atoms with Crippen LogP contribution in [0.1, 0.15) is 125 Å². The van der Waals surface area contributed by atoms with Crippen LogP contribution in [0, 0.1) is 0 Å². The number of aliphatic hydroxyl groups is 1. The van der Waals surface area contributed by atoms with Gasteiger partial charge in [-0.15, -0.1) is 0 Å². The molecule has 0 radical (unpaired) electrons. The average Bonchev–Trinajstić information content (AvgIpc) is 2.78. The largest absolute Gasteiger partial charge is 0.463 e. The van der Waals surface area contributed by atoms with E-state index in [0.29, 0.717) is 12.8 Å². The average molecular weight is 501 g/mol. The molecule has 2 aliphatic heterocycles. The van der Waals surface area contributed by atoms with Crippen LogP contribution in [-0.4, -0.2) is 60.3 Å². The molecule has 0 aliphatic carbocycles. The molecule has 2 saturated heterocycles. The van der Waals surface area contributed by atoms with Crippen LogP contribution in [0.4, 0.5) is 0 Å². The van der Waals surface area contributed by atoms with E-state index in [4.69, 9.17) is 23.7 Å². The molecule has 2 fully saturated rings. The first kappa shape index (κ1) is 30.5. The molecule has 206 valence electrons. The number of hydrogen-bond donors (Lipinski definition) is 1. The summed E-state index contributed by atoms with van der Waals surface area (Å²) in [7, 11) is 0. The Morgan fingerprint density at radius 2 is 1.46 bits per heavy atom. The summed E-state index contributed by atoms with van der Waals surface area (Å²) in [6.45, 7) is 9.76. The maximum absolute atomic E-state index is 11.2. The van der Waals surface area contributed by atoms with Crippen molar-refractivity contribution in [1.82, 2.24) is 0 Å². The highest BCUT2D eigenvalue weighted by atomic mass is 16.7. The number of aliphatic hydroxyl groups excluding tert-OH is 1. The third-order valence-corrected chi connectivity index (χ3v) is 6.98. The van der Waals surface area contributed by atoms with Gasteiger partial charge in [-0.1, -0.05) is 52.9 Å². The molecular formula is C28H52O7. The molecule has 2 rings (SSSR count). The van der Waals surface area contributed by atoms with Gasteiger partial charge in [0.2, 0.25) is 0 Å². The molecule has 0 amide bonds.